The first-order valence-corrected chi connectivity index (χ1v) is 14.3. The smallest absolute Gasteiger partial charge is 0.308 e. The van der Waals surface area contributed by atoms with Gasteiger partial charge in [0.1, 0.15) is 0 Å². The van der Waals surface area contributed by atoms with Gasteiger partial charge in [0.15, 0.2) is 0 Å². The number of halogens is 1. The third kappa shape index (κ3) is 5.92. The summed E-state index contributed by atoms with van der Waals surface area (Å²) in [6.45, 7) is 3.80. The number of rotatable bonds is 7. The average molecular weight is 530 g/mol. The van der Waals surface area contributed by atoms with Crippen LogP contribution in [0.2, 0.25) is 5.02 Å². The first-order valence-electron chi connectivity index (χ1n) is 11.4. The molecule has 1 fully saturated rings. The van der Waals surface area contributed by atoms with E-state index in [0.717, 1.165) is 22.3 Å². The van der Waals surface area contributed by atoms with Crippen molar-refractivity contribution < 1.29 is 18.3 Å². The summed E-state index contributed by atoms with van der Waals surface area (Å²) in [5, 5.41) is 10.5. The van der Waals surface area contributed by atoms with E-state index in [1.165, 1.54) is 4.31 Å². The van der Waals surface area contributed by atoms with Gasteiger partial charge in [0.25, 0.3) is 0 Å². The van der Waals surface area contributed by atoms with Crippen molar-refractivity contribution in [1.29, 1.82) is 0 Å². The second-order valence-electron chi connectivity index (χ2n) is 8.97. The summed E-state index contributed by atoms with van der Waals surface area (Å²) >= 11 is 7.55. The third-order valence-electron chi connectivity index (χ3n) is 6.41. The fourth-order valence-electron chi connectivity index (χ4n) is 4.35. The van der Waals surface area contributed by atoms with E-state index in [0.29, 0.717) is 17.2 Å². The van der Waals surface area contributed by atoms with Gasteiger partial charge in [0, 0.05) is 22.6 Å². The molecule has 35 heavy (non-hydrogen) atoms. The maximum absolute atomic E-state index is 13.7. The normalized spacial score (nSPS) is 21.1. The van der Waals surface area contributed by atoms with E-state index in [1.54, 1.807) is 36.0 Å². The van der Waals surface area contributed by atoms with Crippen molar-refractivity contribution in [3.05, 3.63) is 100 Å². The lowest BCUT2D eigenvalue weighted by Crippen LogP contribution is -2.49. The van der Waals surface area contributed by atoms with Crippen molar-refractivity contribution >= 4 is 39.4 Å². The standard InChI is InChI=1S/C27H28ClNO4S2/c1-18-3-9-21(10-4-18)25-15-26(34-17-20-7-11-22(28)12-8-20)24(27(30)31)16-29(25)35(32,33)23-13-5-19(2)6-14-23/h3-14,24-26H,15-17H2,1-2H3,(H,30,31)/t24-,25+,26-/m1/s1. The highest BCUT2D eigenvalue weighted by molar-refractivity contribution is 7.99. The van der Waals surface area contributed by atoms with Crippen LogP contribution in [0.1, 0.15) is 34.7 Å². The molecule has 1 heterocycles. The predicted octanol–water partition coefficient (Wildman–Crippen LogP) is 6.10. The molecule has 5 nitrogen and oxygen atoms in total. The summed E-state index contributed by atoms with van der Waals surface area (Å²) in [5.74, 6) is -1.18. The molecule has 0 saturated carbocycles. The number of sulfonamides is 1. The molecule has 1 aliphatic heterocycles. The minimum Gasteiger partial charge on any atom is -0.481 e. The molecular formula is C27H28ClNO4S2. The van der Waals surface area contributed by atoms with Crippen LogP contribution in [0.25, 0.3) is 0 Å². The van der Waals surface area contributed by atoms with E-state index in [4.69, 9.17) is 11.6 Å². The van der Waals surface area contributed by atoms with Gasteiger partial charge in [0.2, 0.25) is 10.0 Å². The molecule has 3 atom stereocenters. The van der Waals surface area contributed by atoms with Crippen molar-refractivity contribution in [2.75, 3.05) is 6.54 Å². The van der Waals surface area contributed by atoms with Crippen molar-refractivity contribution in [3.63, 3.8) is 0 Å². The second kappa shape index (κ2) is 10.7. The number of nitrogens with zero attached hydrogens (tertiary/aromatic N) is 1. The minimum absolute atomic E-state index is 0.0810. The van der Waals surface area contributed by atoms with E-state index < -0.39 is 28.0 Å². The van der Waals surface area contributed by atoms with E-state index >= 15 is 0 Å². The molecule has 0 aliphatic carbocycles. The summed E-state index contributed by atoms with van der Waals surface area (Å²) in [6.07, 6.45) is 0.406. The second-order valence-corrected chi connectivity index (χ2v) is 12.5. The quantitative estimate of drug-likeness (QED) is 0.400. The Morgan fingerprint density at radius 3 is 2.11 bits per heavy atom. The Kier molecular flexibility index (Phi) is 7.91. The number of carboxylic acids is 1. The Hall–Kier alpha value is -2.32. The highest BCUT2D eigenvalue weighted by Gasteiger charge is 2.45. The highest BCUT2D eigenvalue weighted by atomic mass is 35.5. The first-order chi connectivity index (χ1) is 16.6. The van der Waals surface area contributed by atoms with Crippen LogP contribution in [-0.4, -0.2) is 35.6 Å². The molecule has 3 aromatic rings. The van der Waals surface area contributed by atoms with Crippen molar-refractivity contribution in [2.24, 2.45) is 5.92 Å². The number of benzene rings is 3. The Labute approximate surface area is 216 Å². The van der Waals surface area contributed by atoms with E-state index in [9.17, 15) is 18.3 Å². The number of hydrogen-bond acceptors (Lipinski definition) is 4. The van der Waals surface area contributed by atoms with Crippen LogP contribution >= 0.6 is 23.4 Å². The molecule has 1 saturated heterocycles. The molecule has 0 unspecified atom stereocenters. The first kappa shape index (κ1) is 25.8. The van der Waals surface area contributed by atoms with Crippen molar-refractivity contribution in [2.45, 2.75) is 42.2 Å². The third-order valence-corrected chi connectivity index (χ3v) is 10.0. The van der Waals surface area contributed by atoms with Gasteiger partial charge in [-0.15, -0.1) is 0 Å². The van der Waals surface area contributed by atoms with Crippen molar-refractivity contribution in [1.82, 2.24) is 4.31 Å². The summed E-state index contributed by atoms with van der Waals surface area (Å²) < 4.78 is 28.9. The topological polar surface area (TPSA) is 74.7 Å². The van der Waals surface area contributed by atoms with E-state index in [1.807, 2.05) is 62.4 Å². The minimum atomic E-state index is -3.90. The number of aryl methyl sites for hydroxylation is 2. The molecule has 3 aromatic carbocycles. The SMILES string of the molecule is Cc1ccc([C@@H]2C[C@@H](SCc3ccc(Cl)cc3)[C@H](C(=O)O)CN2S(=O)(=O)c2ccc(C)cc2)cc1. The van der Waals surface area contributed by atoms with Gasteiger partial charge in [-0.05, 0) is 55.7 Å². The van der Waals surface area contributed by atoms with Gasteiger partial charge in [-0.2, -0.15) is 16.1 Å². The molecular weight excluding hydrogens is 502 g/mol. The monoisotopic (exact) mass is 529 g/mol. The Bertz CT molecular complexity index is 1280. The maximum atomic E-state index is 13.7. The molecule has 1 aliphatic rings. The van der Waals surface area contributed by atoms with Gasteiger partial charge in [-0.3, -0.25) is 4.79 Å². The van der Waals surface area contributed by atoms with E-state index in [-0.39, 0.29) is 16.7 Å². The summed E-state index contributed by atoms with van der Waals surface area (Å²) in [7, 11) is -3.90. The van der Waals surface area contributed by atoms with Crippen LogP contribution in [0.5, 0.6) is 0 Å². The number of carboxylic acid groups (broad SMARTS) is 1. The molecule has 0 radical (unpaired) electrons. The Morgan fingerprint density at radius 1 is 0.971 bits per heavy atom. The average Bonchev–Trinajstić information content (AvgIpc) is 2.84. The van der Waals surface area contributed by atoms with Crippen LogP contribution in [0.4, 0.5) is 0 Å². The molecule has 1 N–H and O–H groups in total. The van der Waals surface area contributed by atoms with Gasteiger partial charge < -0.3 is 5.11 Å². The number of piperidine rings is 1. The Morgan fingerprint density at radius 2 is 1.54 bits per heavy atom. The summed E-state index contributed by atoms with van der Waals surface area (Å²) in [4.78, 5) is 12.5. The van der Waals surface area contributed by atoms with Gasteiger partial charge >= 0.3 is 5.97 Å². The van der Waals surface area contributed by atoms with Crippen LogP contribution in [0, 0.1) is 19.8 Å². The van der Waals surface area contributed by atoms with Crippen LogP contribution in [-0.2, 0) is 20.6 Å². The highest BCUT2D eigenvalue weighted by Crippen LogP contribution is 2.43. The zero-order valence-electron chi connectivity index (χ0n) is 19.6. The fourth-order valence-corrected chi connectivity index (χ4v) is 7.48. The number of thioether (sulfide) groups is 1. The predicted molar refractivity (Wildman–Crippen MR) is 141 cm³/mol. The summed E-state index contributed by atoms with van der Waals surface area (Å²) in [5.41, 5.74) is 3.95. The fraction of sp³-hybridized carbons (Fsp3) is 0.296. The zero-order chi connectivity index (χ0) is 25.2. The van der Waals surface area contributed by atoms with E-state index in [2.05, 4.69) is 0 Å². The lowest BCUT2D eigenvalue weighted by Gasteiger charge is -2.42. The maximum Gasteiger partial charge on any atom is 0.308 e. The summed E-state index contributed by atoms with van der Waals surface area (Å²) in [6, 6.07) is 21.6. The molecule has 0 aromatic heterocycles. The van der Waals surface area contributed by atoms with Gasteiger partial charge in [0.05, 0.1) is 16.9 Å². The van der Waals surface area contributed by atoms with Crippen LogP contribution < -0.4 is 0 Å². The molecule has 184 valence electrons. The van der Waals surface area contributed by atoms with Gasteiger partial charge in [-0.25, -0.2) is 8.42 Å². The number of carbonyl (C=O) groups is 1. The number of aliphatic carboxylic acids is 1. The lowest BCUT2D eigenvalue weighted by atomic mass is 9.90. The molecule has 8 heteroatoms. The largest absolute Gasteiger partial charge is 0.481 e. The molecule has 0 bridgehead atoms. The Balaban J connectivity index is 1.68. The van der Waals surface area contributed by atoms with Gasteiger partial charge in [-0.1, -0.05) is 71.3 Å². The molecule has 0 spiro atoms. The number of hydrogen-bond donors (Lipinski definition) is 1. The van der Waals surface area contributed by atoms with Crippen LogP contribution in [0.3, 0.4) is 0 Å². The molecule has 4 rings (SSSR count). The zero-order valence-corrected chi connectivity index (χ0v) is 22.0. The lowest BCUT2D eigenvalue weighted by molar-refractivity contribution is -0.143. The van der Waals surface area contributed by atoms with Crippen LogP contribution in [0.15, 0.2) is 77.7 Å². The molecule has 0 amide bonds. The van der Waals surface area contributed by atoms with Crippen molar-refractivity contribution in [3.8, 4) is 0 Å².